The SMILES string of the molecule is Cc1nc(CN2CCN(Cc3cccc(F)c3)CC2)cs1. The second kappa shape index (κ2) is 6.64. The molecule has 1 aliphatic rings. The van der Waals surface area contributed by atoms with E-state index in [4.69, 9.17) is 0 Å². The molecule has 3 nitrogen and oxygen atoms in total. The Kier molecular flexibility index (Phi) is 4.63. The van der Waals surface area contributed by atoms with Gasteiger partial charge in [0, 0.05) is 44.6 Å². The summed E-state index contributed by atoms with van der Waals surface area (Å²) in [6, 6.07) is 6.90. The van der Waals surface area contributed by atoms with Crippen molar-refractivity contribution >= 4 is 11.3 Å². The molecule has 0 saturated carbocycles. The van der Waals surface area contributed by atoms with E-state index in [2.05, 4.69) is 20.2 Å². The van der Waals surface area contributed by atoms with Gasteiger partial charge in [-0.1, -0.05) is 12.1 Å². The predicted molar refractivity (Wildman–Crippen MR) is 83.8 cm³/mol. The van der Waals surface area contributed by atoms with E-state index in [0.29, 0.717) is 0 Å². The topological polar surface area (TPSA) is 19.4 Å². The van der Waals surface area contributed by atoms with Crippen molar-refractivity contribution in [2.75, 3.05) is 26.2 Å². The summed E-state index contributed by atoms with van der Waals surface area (Å²) < 4.78 is 13.2. The van der Waals surface area contributed by atoms with Crippen LogP contribution >= 0.6 is 11.3 Å². The Morgan fingerprint density at radius 2 is 1.86 bits per heavy atom. The average Bonchev–Trinajstić information content (AvgIpc) is 2.86. The van der Waals surface area contributed by atoms with E-state index in [-0.39, 0.29) is 5.82 Å². The normalized spacial score (nSPS) is 17.2. The van der Waals surface area contributed by atoms with Gasteiger partial charge >= 0.3 is 0 Å². The van der Waals surface area contributed by atoms with Crippen LogP contribution in [-0.2, 0) is 13.1 Å². The lowest BCUT2D eigenvalue weighted by Gasteiger charge is -2.34. The summed E-state index contributed by atoms with van der Waals surface area (Å²) in [7, 11) is 0. The van der Waals surface area contributed by atoms with Crippen LogP contribution in [0.5, 0.6) is 0 Å². The van der Waals surface area contributed by atoms with Crippen LogP contribution in [0.2, 0.25) is 0 Å². The van der Waals surface area contributed by atoms with Gasteiger partial charge in [0.15, 0.2) is 0 Å². The van der Waals surface area contributed by atoms with Crippen LogP contribution in [0.4, 0.5) is 4.39 Å². The summed E-state index contributed by atoms with van der Waals surface area (Å²) in [5.41, 5.74) is 2.23. The number of nitrogens with zero attached hydrogens (tertiary/aromatic N) is 3. The number of halogens is 1. The Balaban J connectivity index is 1.48. The first-order valence-corrected chi connectivity index (χ1v) is 8.17. The highest BCUT2D eigenvalue weighted by molar-refractivity contribution is 7.09. The molecule has 3 rings (SSSR count). The highest BCUT2D eigenvalue weighted by atomic mass is 32.1. The van der Waals surface area contributed by atoms with E-state index in [9.17, 15) is 4.39 Å². The summed E-state index contributed by atoms with van der Waals surface area (Å²) in [6.07, 6.45) is 0. The number of thiazole rings is 1. The first-order chi connectivity index (χ1) is 10.2. The molecule has 2 heterocycles. The standard InChI is InChI=1S/C16H20FN3S/c1-13-18-16(12-21-13)11-20-7-5-19(6-8-20)10-14-3-2-4-15(17)9-14/h2-4,9,12H,5-8,10-11H2,1H3. The molecule has 5 heteroatoms. The minimum Gasteiger partial charge on any atom is -0.297 e. The van der Waals surface area contributed by atoms with Crippen LogP contribution < -0.4 is 0 Å². The van der Waals surface area contributed by atoms with Crippen molar-refractivity contribution in [1.82, 2.24) is 14.8 Å². The van der Waals surface area contributed by atoms with Crippen LogP contribution in [-0.4, -0.2) is 41.0 Å². The lowest BCUT2D eigenvalue weighted by molar-refractivity contribution is 0.121. The summed E-state index contributed by atoms with van der Waals surface area (Å²) in [6.45, 7) is 7.97. The summed E-state index contributed by atoms with van der Waals surface area (Å²) in [5, 5.41) is 3.28. The zero-order valence-electron chi connectivity index (χ0n) is 12.3. The van der Waals surface area contributed by atoms with Crippen molar-refractivity contribution in [2.45, 2.75) is 20.0 Å². The van der Waals surface area contributed by atoms with Crippen LogP contribution in [0.1, 0.15) is 16.3 Å². The summed E-state index contributed by atoms with van der Waals surface area (Å²) >= 11 is 1.71. The van der Waals surface area contributed by atoms with Gasteiger partial charge in [0.1, 0.15) is 5.82 Å². The van der Waals surface area contributed by atoms with Crippen molar-refractivity contribution in [3.63, 3.8) is 0 Å². The molecule has 0 spiro atoms. The maximum absolute atomic E-state index is 13.2. The number of aryl methyl sites for hydroxylation is 1. The molecule has 112 valence electrons. The minimum atomic E-state index is -0.148. The van der Waals surface area contributed by atoms with Crippen molar-refractivity contribution in [2.24, 2.45) is 0 Å². The monoisotopic (exact) mass is 305 g/mol. The van der Waals surface area contributed by atoms with E-state index in [1.165, 1.54) is 11.8 Å². The average molecular weight is 305 g/mol. The highest BCUT2D eigenvalue weighted by Crippen LogP contribution is 2.14. The molecule has 1 fully saturated rings. The second-order valence-corrected chi connectivity index (χ2v) is 6.60. The molecule has 21 heavy (non-hydrogen) atoms. The van der Waals surface area contributed by atoms with Crippen molar-refractivity contribution in [3.8, 4) is 0 Å². The first kappa shape index (κ1) is 14.6. The fraction of sp³-hybridized carbons (Fsp3) is 0.438. The molecular formula is C16H20FN3S. The Hall–Kier alpha value is -1.30. The Morgan fingerprint density at radius 3 is 2.48 bits per heavy atom. The Morgan fingerprint density at radius 1 is 1.14 bits per heavy atom. The molecule has 1 aromatic carbocycles. The molecule has 1 aromatic heterocycles. The van der Waals surface area contributed by atoms with Crippen molar-refractivity contribution in [1.29, 1.82) is 0 Å². The number of rotatable bonds is 4. The van der Waals surface area contributed by atoms with Crippen LogP contribution in [0.15, 0.2) is 29.6 Å². The van der Waals surface area contributed by atoms with Crippen molar-refractivity contribution < 1.29 is 4.39 Å². The van der Waals surface area contributed by atoms with Gasteiger partial charge in [0.2, 0.25) is 0 Å². The van der Waals surface area contributed by atoms with Crippen LogP contribution in [0.3, 0.4) is 0 Å². The van der Waals surface area contributed by atoms with Gasteiger partial charge < -0.3 is 0 Å². The lowest BCUT2D eigenvalue weighted by atomic mass is 10.2. The third-order valence-corrected chi connectivity index (χ3v) is 4.63. The van der Waals surface area contributed by atoms with Gasteiger partial charge in [-0.05, 0) is 24.6 Å². The molecule has 0 amide bonds. The minimum absolute atomic E-state index is 0.148. The van der Waals surface area contributed by atoms with Gasteiger partial charge in [-0.15, -0.1) is 11.3 Å². The van der Waals surface area contributed by atoms with Gasteiger partial charge in [-0.25, -0.2) is 9.37 Å². The number of aromatic nitrogens is 1. The summed E-state index contributed by atoms with van der Waals surface area (Å²) in [4.78, 5) is 9.35. The molecule has 0 unspecified atom stereocenters. The van der Waals surface area contributed by atoms with Gasteiger partial charge in [-0.3, -0.25) is 9.80 Å². The number of benzene rings is 1. The van der Waals surface area contributed by atoms with Crippen molar-refractivity contribution in [3.05, 3.63) is 51.7 Å². The fourth-order valence-corrected chi connectivity index (χ4v) is 3.31. The van der Waals surface area contributed by atoms with Crippen LogP contribution in [0, 0.1) is 12.7 Å². The third-order valence-electron chi connectivity index (χ3n) is 3.81. The number of hydrogen-bond acceptors (Lipinski definition) is 4. The molecule has 2 aromatic rings. The van der Waals surface area contributed by atoms with Crippen LogP contribution in [0.25, 0.3) is 0 Å². The molecule has 0 atom stereocenters. The van der Waals surface area contributed by atoms with E-state index in [1.54, 1.807) is 23.5 Å². The number of hydrogen-bond donors (Lipinski definition) is 0. The molecule has 1 aliphatic heterocycles. The predicted octanol–water partition coefficient (Wildman–Crippen LogP) is 2.91. The first-order valence-electron chi connectivity index (χ1n) is 7.29. The van der Waals surface area contributed by atoms with E-state index < -0.39 is 0 Å². The second-order valence-electron chi connectivity index (χ2n) is 5.54. The van der Waals surface area contributed by atoms with E-state index in [1.807, 2.05) is 13.0 Å². The van der Waals surface area contributed by atoms with Gasteiger partial charge in [0.25, 0.3) is 0 Å². The molecule has 0 N–H and O–H groups in total. The Bertz CT molecular complexity index is 591. The largest absolute Gasteiger partial charge is 0.297 e. The molecular weight excluding hydrogens is 285 g/mol. The molecule has 0 aliphatic carbocycles. The van der Waals surface area contributed by atoms with Gasteiger partial charge in [-0.2, -0.15) is 0 Å². The molecule has 0 bridgehead atoms. The fourth-order valence-electron chi connectivity index (χ4n) is 2.71. The summed E-state index contributed by atoms with van der Waals surface area (Å²) in [5.74, 6) is -0.148. The lowest BCUT2D eigenvalue weighted by Crippen LogP contribution is -2.45. The Labute approximate surface area is 129 Å². The molecule has 1 saturated heterocycles. The maximum atomic E-state index is 13.2. The quantitative estimate of drug-likeness (QED) is 0.866. The van der Waals surface area contributed by atoms with E-state index in [0.717, 1.165) is 49.8 Å². The van der Waals surface area contributed by atoms with Gasteiger partial charge in [0.05, 0.1) is 10.7 Å². The zero-order valence-corrected chi connectivity index (χ0v) is 13.1. The maximum Gasteiger partial charge on any atom is 0.123 e. The number of piperazine rings is 1. The molecule has 0 radical (unpaired) electrons. The highest BCUT2D eigenvalue weighted by Gasteiger charge is 2.17. The third kappa shape index (κ3) is 4.09. The van der Waals surface area contributed by atoms with E-state index >= 15 is 0 Å². The smallest absolute Gasteiger partial charge is 0.123 e. The zero-order chi connectivity index (χ0) is 14.7.